The van der Waals surface area contributed by atoms with E-state index in [2.05, 4.69) is 15.5 Å². The summed E-state index contributed by atoms with van der Waals surface area (Å²) in [4.78, 5) is 11.9. The van der Waals surface area contributed by atoms with Gasteiger partial charge in [-0.3, -0.25) is 4.79 Å². The molecule has 1 heterocycles. The van der Waals surface area contributed by atoms with Crippen LogP contribution < -0.4 is 14.8 Å². The van der Waals surface area contributed by atoms with E-state index < -0.39 is 0 Å². The van der Waals surface area contributed by atoms with Crippen LogP contribution in [0.1, 0.15) is 0 Å². The number of thioether (sulfide) groups is 1. The standard InChI is InChI=1S/C19H18ClN3O4S/c1-25-15-6-2-13(3-7-15)18-22-23-19(27-18)28-12-17(24)21-10-11-26-16-8-4-14(20)5-9-16/h2-9H,10-12H2,1H3,(H,21,24). The molecule has 146 valence electrons. The molecule has 3 rings (SSSR count). The Morgan fingerprint density at radius 2 is 1.82 bits per heavy atom. The van der Waals surface area contributed by atoms with Crippen molar-refractivity contribution >= 4 is 29.3 Å². The van der Waals surface area contributed by atoms with Gasteiger partial charge in [0.15, 0.2) is 0 Å². The minimum Gasteiger partial charge on any atom is -0.497 e. The number of hydrogen-bond donors (Lipinski definition) is 1. The zero-order valence-corrected chi connectivity index (χ0v) is 16.6. The van der Waals surface area contributed by atoms with E-state index in [0.717, 1.165) is 11.3 Å². The minimum absolute atomic E-state index is 0.145. The Labute approximate surface area is 171 Å². The molecule has 3 aromatic rings. The third kappa shape index (κ3) is 5.90. The lowest BCUT2D eigenvalue weighted by Gasteiger charge is -2.07. The second-order valence-corrected chi connectivity index (χ2v) is 6.91. The third-order valence-electron chi connectivity index (χ3n) is 3.58. The second kappa shape index (κ2) is 10.0. The summed E-state index contributed by atoms with van der Waals surface area (Å²) in [6.45, 7) is 0.753. The first kappa shape index (κ1) is 20.0. The fourth-order valence-corrected chi connectivity index (χ4v) is 2.91. The highest BCUT2D eigenvalue weighted by atomic mass is 35.5. The van der Waals surface area contributed by atoms with Crippen molar-refractivity contribution in [1.29, 1.82) is 0 Å². The fraction of sp³-hybridized carbons (Fsp3) is 0.211. The first-order chi connectivity index (χ1) is 13.6. The number of amides is 1. The van der Waals surface area contributed by atoms with Gasteiger partial charge < -0.3 is 19.2 Å². The van der Waals surface area contributed by atoms with Gasteiger partial charge in [-0.05, 0) is 48.5 Å². The van der Waals surface area contributed by atoms with Crippen molar-refractivity contribution in [3.8, 4) is 23.0 Å². The number of hydrogen-bond acceptors (Lipinski definition) is 7. The van der Waals surface area contributed by atoms with Crippen molar-refractivity contribution in [3.05, 3.63) is 53.6 Å². The first-order valence-corrected chi connectivity index (χ1v) is 9.76. The summed E-state index contributed by atoms with van der Waals surface area (Å²) in [5, 5.41) is 11.7. The van der Waals surface area contributed by atoms with Crippen LogP contribution in [0.15, 0.2) is 58.2 Å². The Morgan fingerprint density at radius 1 is 1.11 bits per heavy atom. The molecule has 0 saturated carbocycles. The van der Waals surface area contributed by atoms with Gasteiger partial charge >= 0.3 is 0 Å². The second-order valence-electron chi connectivity index (χ2n) is 5.54. The van der Waals surface area contributed by atoms with Crippen molar-refractivity contribution in [3.63, 3.8) is 0 Å². The summed E-state index contributed by atoms with van der Waals surface area (Å²) in [6, 6.07) is 14.3. The molecule has 0 unspecified atom stereocenters. The number of methoxy groups -OCH3 is 1. The molecule has 0 atom stereocenters. The number of carbonyl (C=O) groups is 1. The molecule has 0 spiro atoms. The Kier molecular flexibility index (Phi) is 7.16. The molecule has 9 heteroatoms. The molecular weight excluding hydrogens is 402 g/mol. The molecule has 0 bridgehead atoms. The molecule has 2 aromatic carbocycles. The number of ether oxygens (including phenoxy) is 2. The molecule has 0 aliphatic heterocycles. The van der Waals surface area contributed by atoms with Gasteiger partial charge in [0.1, 0.15) is 18.1 Å². The van der Waals surface area contributed by atoms with Crippen LogP contribution in [0.5, 0.6) is 11.5 Å². The Morgan fingerprint density at radius 3 is 2.54 bits per heavy atom. The van der Waals surface area contributed by atoms with Gasteiger partial charge in [0.2, 0.25) is 11.8 Å². The summed E-state index contributed by atoms with van der Waals surface area (Å²) in [7, 11) is 1.60. The summed E-state index contributed by atoms with van der Waals surface area (Å²) in [5.41, 5.74) is 0.781. The maximum absolute atomic E-state index is 11.9. The molecule has 7 nitrogen and oxygen atoms in total. The molecule has 1 amide bonds. The van der Waals surface area contributed by atoms with Gasteiger partial charge in [-0.1, -0.05) is 23.4 Å². The molecule has 1 N–H and O–H groups in total. The third-order valence-corrected chi connectivity index (χ3v) is 4.65. The van der Waals surface area contributed by atoms with Gasteiger partial charge in [0.25, 0.3) is 5.22 Å². The number of rotatable bonds is 9. The molecular formula is C19H18ClN3O4S. The topological polar surface area (TPSA) is 86.5 Å². The average Bonchev–Trinajstić information content (AvgIpc) is 3.20. The van der Waals surface area contributed by atoms with Crippen LogP contribution in [0.3, 0.4) is 0 Å². The van der Waals surface area contributed by atoms with Crippen LogP contribution in [0.25, 0.3) is 11.5 Å². The van der Waals surface area contributed by atoms with E-state index in [-0.39, 0.29) is 11.7 Å². The molecule has 0 saturated heterocycles. The van der Waals surface area contributed by atoms with Crippen LogP contribution in [0.4, 0.5) is 0 Å². The van der Waals surface area contributed by atoms with Crippen LogP contribution >= 0.6 is 23.4 Å². The predicted octanol–water partition coefficient (Wildman–Crippen LogP) is 3.69. The van der Waals surface area contributed by atoms with E-state index in [9.17, 15) is 4.79 Å². The van der Waals surface area contributed by atoms with Crippen molar-refractivity contribution in [1.82, 2.24) is 15.5 Å². The minimum atomic E-state index is -0.145. The number of carbonyl (C=O) groups excluding carboxylic acids is 1. The Balaban J connectivity index is 1.38. The molecule has 0 aliphatic carbocycles. The smallest absolute Gasteiger partial charge is 0.277 e. The first-order valence-electron chi connectivity index (χ1n) is 8.40. The molecule has 0 aliphatic rings. The van der Waals surface area contributed by atoms with Gasteiger partial charge in [0, 0.05) is 10.6 Å². The van der Waals surface area contributed by atoms with E-state index >= 15 is 0 Å². The number of nitrogens with one attached hydrogen (secondary N) is 1. The van der Waals surface area contributed by atoms with E-state index in [1.54, 1.807) is 31.4 Å². The van der Waals surface area contributed by atoms with Crippen LogP contribution in [-0.2, 0) is 4.79 Å². The van der Waals surface area contributed by atoms with Gasteiger partial charge in [-0.25, -0.2) is 0 Å². The zero-order chi connectivity index (χ0) is 19.8. The summed E-state index contributed by atoms with van der Waals surface area (Å²) < 4.78 is 16.2. The van der Waals surface area contributed by atoms with Crippen molar-refractivity contribution in [2.45, 2.75) is 5.22 Å². The lowest BCUT2D eigenvalue weighted by atomic mass is 10.2. The monoisotopic (exact) mass is 419 g/mol. The number of benzene rings is 2. The number of aromatic nitrogens is 2. The van der Waals surface area contributed by atoms with Crippen LogP contribution in [-0.4, -0.2) is 42.1 Å². The number of halogens is 1. The quantitative estimate of drug-likeness (QED) is 0.418. The summed E-state index contributed by atoms with van der Waals surface area (Å²) in [6.07, 6.45) is 0. The number of nitrogens with zero attached hydrogens (tertiary/aromatic N) is 2. The summed E-state index contributed by atoms with van der Waals surface area (Å²) >= 11 is 6.99. The van der Waals surface area contributed by atoms with Crippen molar-refractivity contribution in [2.75, 3.05) is 26.0 Å². The predicted molar refractivity (Wildman–Crippen MR) is 107 cm³/mol. The molecule has 1 aromatic heterocycles. The van der Waals surface area contributed by atoms with E-state index in [1.807, 2.05) is 24.3 Å². The molecule has 0 radical (unpaired) electrons. The highest BCUT2D eigenvalue weighted by molar-refractivity contribution is 7.99. The Hall–Kier alpha value is -2.71. The van der Waals surface area contributed by atoms with E-state index in [4.69, 9.17) is 25.5 Å². The van der Waals surface area contributed by atoms with Crippen LogP contribution in [0, 0.1) is 0 Å². The normalized spacial score (nSPS) is 10.5. The molecule has 28 heavy (non-hydrogen) atoms. The highest BCUT2D eigenvalue weighted by Crippen LogP contribution is 2.24. The highest BCUT2D eigenvalue weighted by Gasteiger charge is 2.11. The lowest BCUT2D eigenvalue weighted by molar-refractivity contribution is -0.118. The van der Waals surface area contributed by atoms with Gasteiger partial charge in [-0.15, -0.1) is 10.2 Å². The van der Waals surface area contributed by atoms with E-state index in [1.165, 1.54) is 11.8 Å². The van der Waals surface area contributed by atoms with Crippen LogP contribution in [0.2, 0.25) is 5.02 Å². The van der Waals surface area contributed by atoms with Gasteiger partial charge in [0.05, 0.1) is 19.4 Å². The van der Waals surface area contributed by atoms with Crippen molar-refractivity contribution < 1.29 is 18.7 Å². The SMILES string of the molecule is COc1ccc(-c2nnc(SCC(=O)NCCOc3ccc(Cl)cc3)o2)cc1. The van der Waals surface area contributed by atoms with Crippen molar-refractivity contribution in [2.24, 2.45) is 0 Å². The summed E-state index contributed by atoms with van der Waals surface area (Å²) in [5.74, 6) is 1.86. The maximum atomic E-state index is 11.9. The largest absolute Gasteiger partial charge is 0.497 e. The molecule has 0 fully saturated rings. The average molecular weight is 420 g/mol. The Bertz CT molecular complexity index is 900. The van der Waals surface area contributed by atoms with Gasteiger partial charge in [-0.2, -0.15) is 0 Å². The lowest BCUT2D eigenvalue weighted by Crippen LogP contribution is -2.29. The maximum Gasteiger partial charge on any atom is 0.277 e. The zero-order valence-electron chi connectivity index (χ0n) is 15.1. The van der Waals surface area contributed by atoms with E-state index in [0.29, 0.717) is 35.0 Å². The fourth-order valence-electron chi connectivity index (χ4n) is 2.19.